The van der Waals surface area contributed by atoms with Crippen molar-refractivity contribution in [1.29, 1.82) is 0 Å². The Morgan fingerprint density at radius 2 is 0.935 bits per heavy atom. The molecule has 1 aliphatic heterocycles. The molecule has 0 radical (unpaired) electrons. The molecule has 8 aromatic rings. The summed E-state index contributed by atoms with van der Waals surface area (Å²) in [6.07, 6.45) is 0. The van der Waals surface area contributed by atoms with Gasteiger partial charge in [-0.1, -0.05) is 103 Å². The maximum atomic E-state index is 16.4. The monoisotopic (exact) mass is 610 g/mol. The van der Waals surface area contributed by atoms with E-state index >= 15 is 4.57 Å². The van der Waals surface area contributed by atoms with E-state index in [1.807, 2.05) is 54.6 Å². The fourth-order valence-electron chi connectivity index (χ4n) is 8.30. The van der Waals surface area contributed by atoms with Gasteiger partial charge in [-0.25, -0.2) is 8.68 Å². The lowest BCUT2D eigenvalue weighted by atomic mass is 9.70. The van der Waals surface area contributed by atoms with Crippen molar-refractivity contribution in [2.24, 2.45) is 0 Å². The summed E-state index contributed by atoms with van der Waals surface area (Å²) in [7, 11) is -3.71. The largest absolute Gasteiger partial charge is 0.390 e. The number of benzene rings is 6. The maximum Gasteiger partial charge on any atom is 0.312 e. The predicted molar refractivity (Wildman–Crippen MR) is 180 cm³/mol. The van der Waals surface area contributed by atoms with Crippen molar-refractivity contribution in [2.75, 3.05) is 0 Å². The van der Waals surface area contributed by atoms with E-state index in [4.69, 9.17) is 14.7 Å². The summed E-state index contributed by atoms with van der Waals surface area (Å²) in [6, 6.07) is 48.6. The van der Waals surface area contributed by atoms with Crippen molar-refractivity contribution in [3.63, 3.8) is 0 Å². The summed E-state index contributed by atoms with van der Waals surface area (Å²) in [5.74, 6) is 0. The highest BCUT2D eigenvalue weighted by atomic mass is 31.2. The highest BCUT2D eigenvalue weighted by Gasteiger charge is 2.52. The molecule has 2 aliphatic carbocycles. The number of para-hydroxylation sites is 4. The number of nitrogens with zero attached hydrogens (tertiary/aromatic N) is 4. The van der Waals surface area contributed by atoms with Gasteiger partial charge < -0.3 is 4.74 Å². The van der Waals surface area contributed by atoms with Crippen LogP contribution in [-0.2, 0) is 9.98 Å². The number of rotatable bonds is 1. The van der Waals surface area contributed by atoms with E-state index in [-0.39, 0.29) is 12.0 Å². The lowest BCUT2D eigenvalue weighted by Gasteiger charge is -2.32. The van der Waals surface area contributed by atoms with Gasteiger partial charge in [0, 0.05) is 0 Å². The number of ether oxygens (including phenoxy) is 1. The van der Waals surface area contributed by atoms with Crippen molar-refractivity contribution < 1.29 is 9.30 Å². The lowest BCUT2D eigenvalue weighted by molar-refractivity contribution is 0.390. The van der Waals surface area contributed by atoms with Gasteiger partial charge in [0.05, 0.1) is 32.8 Å². The number of hydrogen-bond acceptors (Lipinski definition) is 4. The Morgan fingerprint density at radius 1 is 0.500 bits per heavy atom. The molecule has 0 saturated heterocycles. The third-order valence-corrected chi connectivity index (χ3v) is 12.9. The molecule has 6 aromatic carbocycles. The van der Waals surface area contributed by atoms with E-state index < -0.39 is 12.9 Å². The molecule has 3 heterocycles. The molecule has 0 bridgehead atoms. The molecule has 0 amide bonds. The Bertz CT molecular complexity index is 2540. The standard InChI is InChI=1S/C39H23N4O2P/c44-46(42-35-19-9-7-17-33(35)40-37(42)45-38-41-34-18-8-10-20-36(34)43(38)46)24-21-22-28-27-13-3-6-16-31(27)39(32(28)23-24)29-14-4-1-11-25(29)26-12-2-5-15-30(26)39/h1-23H. The molecule has 11 rings (SSSR count). The molecule has 6 nitrogen and oxygen atoms in total. The van der Waals surface area contributed by atoms with Crippen molar-refractivity contribution in [2.45, 2.75) is 5.41 Å². The zero-order valence-electron chi connectivity index (χ0n) is 24.3. The molecule has 0 fully saturated rings. The van der Waals surface area contributed by atoms with Crippen LogP contribution in [0, 0.1) is 0 Å². The summed E-state index contributed by atoms with van der Waals surface area (Å²) in [5.41, 5.74) is 12.0. The first-order chi connectivity index (χ1) is 22.7. The first-order valence-electron chi connectivity index (χ1n) is 15.4. The van der Waals surface area contributed by atoms with Crippen molar-refractivity contribution >= 4 is 34.8 Å². The van der Waals surface area contributed by atoms with Gasteiger partial charge in [0.1, 0.15) is 0 Å². The minimum absolute atomic E-state index is 0.280. The van der Waals surface area contributed by atoms with E-state index in [2.05, 4.69) is 84.9 Å². The van der Waals surface area contributed by atoms with Gasteiger partial charge in [0.15, 0.2) is 0 Å². The van der Waals surface area contributed by atoms with Gasteiger partial charge in [-0.05, 0) is 80.9 Å². The normalized spacial score (nSPS) is 15.6. The molecule has 7 heteroatoms. The molecule has 0 saturated carbocycles. The van der Waals surface area contributed by atoms with Crippen LogP contribution in [0.25, 0.3) is 44.3 Å². The predicted octanol–water partition coefficient (Wildman–Crippen LogP) is 8.75. The molecule has 216 valence electrons. The van der Waals surface area contributed by atoms with E-state index in [9.17, 15) is 0 Å². The Morgan fingerprint density at radius 3 is 1.46 bits per heavy atom. The van der Waals surface area contributed by atoms with Gasteiger partial charge in [0.2, 0.25) is 0 Å². The summed E-state index contributed by atoms with van der Waals surface area (Å²) >= 11 is 0. The van der Waals surface area contributed by atoms with Crippen LogP contribution in [0.4, 0.5) is 0 Å². The molecule has 0 N–H and O–H groups in total. The van der Waals surface area contributed by atoms with Gasteiger partial charge in [-0.2, -0.15) is 9.97 Å². The minimum Gasteiger partial charge on any atom is -0.390 e. The zero-order valence-corrected chi connectivity index (χ0v) is 25.2. The summed E-state index contributed by atoms with van der Waals surface area (Å²) in [4.78, 5) is 9.59. The maximum absolute atomic E-state index is 16.4. The number of hydrogen-bond donors (Lipinski definition) is 0. The van der Waals surface area contributed by atoms with Crippen LogP contribution in [-0.4, -0.2) is 18.6 Å². The van der Waals surface area contributed by atoms with Crippen LogP contribution in [0.5, 0.6) is 12.0 Å². The number of aromatic nitrogens is 4. The van der Waals surface area contributed by atoms with Crippen LogP contribution >= 0.6 is 7.44 Å². The van der Waals surface area contributed by atoms with Crippen molar-refractivity contribution in [1.82, 2.24) is 18.6 Å². The van der Waals surface area contributed by atoms with E-state index in [1.54, 1.807) is 8.68 Å². The quantitative estimate of drug-likeness (QED) is 0.174. The van der Waals surface area contributed by atoms with Gasteiger partial charge in [0.25, 0.3) is 0 Å². The molecule has 3 aliphatic rings. The zero-order chi connectivity index (χ0) is 30.2. The van der Waals surface area contributed by atoms with Crippen LogP contribution in [0.15, 0.2) is 140 Å². The van der Waals surface area contributed by atoms with Crippen LogP contribution in [0.2, 0.25) is 0 Å². The molecular formula is C39H23N4O2P. The molecule has 0 atom stereocenters. The molecule has 0 unspecified atom stereocenters. The summed E-state index contributed by atoms with van der Waals surface area (Å²) in [5, 5.41) is 0.692. The van der Waals surface area contributed by atoms with E-state index in [0.717, 1.165) is 33.2 Å². The Hall–Kier alpha value is -5.71. The lowest BCUT2D eigenvalue weighted by Crippen LogP contribution is -2.28. The summed E-state index contributed by atoms with van der Waals surface area (Å²) in [6.45, 7) is 0. The smallest absolute Gasteiger partial charge is 0.312 e. The van der Waals surface area contributed by atoms with Crippen molar-refractivity contribution in [3.05, 3.63) is 162 Å². The number of imidazole rings is 2. The Labute approximate surface area is 263 Å². The van der Waals surface area contributed by atoms with E-state index in [1.165, 1.54) is 33.4 Å². The van der Waals surface area contributed by atoms with Crippen LogP contribution in [0.1, 0.15) is 22.3 Å². The second-order valence-corrected chi connectivity index (χ2v) is 14.6. The first-order valence-corrected chi connectivity index (χ1v) is 17.0. The Balaban J connectivity index is 1.28. The molecule has 46 heavy (non-hydrogen) atoms. The highest BCUT2D eigenvalue weighted by Crippen LogP contribution is 2.64. The third-order valence-electron chi connectivity index (χ3n) is 10.1. The van der Waals surface area contributed by atoms with Crippen molar-refractivity contribution in [3.8, 4) is 34.3 Å². The fourth-order valence-corrected chi connectivity index (χ4v) is 11.1. The Kier molecular flexibility index (Phi) is 4.44. The molecular weight excluding hydrogens is 587 g/mol. The second-order valence-electron chi connectivity index (χ2n) is 12.2. The average Bonchev–Trinajstić information content (AvgIpc) is 3.83. The molecule has 2 aromatic heterocycles. The van der Waals surface area contributed by atoms with E-state index in [0.29, 0.717) is 5.30 Å². The SMILES string of the molecule is O=P1(c2ccc3c(c2)C2(c4ccccc4-c4ccccc42)c2ccccc2-3)n2c(nc3ccccc32)Oc2nc3ccccc3n21. The topological polar surface area (TPSA) is 61.9 Å². The van der Waals surface area contributed by atoms with Gasteiger partial charge >= 0.3 is 19.5 Å². The van der Waals surface area contributed by atoms with Gasteiger partial charge in [-0.15, -0.1) is 0 Å². The summed E-state index contributed by atoms with van der Waals surface area (Å²) < 4.78 is 26.3. The fraction of sp³-hybridized carbons (Fsp3) is 0.0256. The highest BCUT2D eigenvalue weighted by molar-refractivity contribution is 7.69. The third kappa shape index (κ3) is 2.71. The van der Waals surface area contributed by atoms with Gasteiger partial charge in [-0.3, -0.25) is 4.57 Å². The molecule has 1 spiro atoms. The average molecular weight is 611 g/mol. The second kappa shape index (κ2) is 8.30. The first kappa shape index (κ1) is 24.6. The van der Waals surface area contributed by atoms with Crippen LogP contribution in [0.3, 0.4) is 0 Å². The minimum atomic E-state index is -3.71. The number of fused-ring (bicyclic) bond motifs is 16. The van der Waals surface area contributed by atoms with Crippen LogP contribution < -0.4 is 10.0 Å².